The van der Waals surface area contributed by atoms with E-state index < -0.39 is 0 Å². The van der Waals surface area contributed by atoms with Crippen molar-refractivity contribution in [2.75, 3.05) is 50.4 Å². The van der Waals surface area contributed by atoms with Gasteiger partial charge in [0.1, 0.15) is 0 Å². The lowest BCUT2D eigenvalue weighted by atomic mass is 10.1. The van der Waals surface area contributed by atoms with Crippen LogP contribution in [-0.4, -0.2) is 56.2 Å². The highest BCUT2D eigenvalue weighted by molar-refractivity contribution is 5.96. The number of nitrogens with zero attached hydrogens (tertiary/aromatic N) is 1. The smallest absolute Gasteiger partial charge is 0.251 e. The number of nitrogens with two attached hydrogens (primary N) is 1. The number of morpholine rings is 1. The van der Waals surface area contributed by atoms with Crippen molar-refractivity contribution in [1.82, 2.24) is 10.2 Å². The van der Waals surface area contributed by atoms with Crippen molar-refractivity contribution in [1.29, 1.82) is 0 Å². The van der Waals surface area contributed by atoms with Crippen LogP contribution in [0.1, 0.15) is 30.6 Å². The van der Waals surface area contributed by atoms with Crippen molar-refractivity contribution in [3.05, 3.63) is 23.8 Å². The highest BCUT2D eigenvalue weighted by atomic mass is 16.5. The van der Waals surface area contributed by atoms with Crippen LogP contribution in [0, 0.1) is 0 Å². The standard InChI is InChI=1S/C17H28N4O2/c1-13(2)20-17(22)14-4-5-16(15(18)12-14)19-6-3-7-21-8-10-23-11-9-21/h4-5,12-13,19H,3,6-11,18H2,1-2H3,(H,20,22). The molecular weight excluding hydrogens is 292 g/mol. The number of hydrogen-bond acceptors (Lipinski definition) is 5. The van der Waals surface area contributed by atoms with E-state index in [0.717, 1.165) is 51.5 Å². The van der Waals surface area contributed by atoms with Gasteiger partial charge in [0, 0.05) is 31.2 Å². The van der Waals surface area contributed by atoms with E-state index in [1.165, 1.54) is 0 Å². The maximum absolute atomic E-state index is 12.0. The van der Waals surface area contributed by atoms with E-state index in [1.54, 1.807) is 12.1 Å². The molecule has 1 amide bonds. The van der Waals surface area contributed by atoms with Crippen molar-refractivity contribution < 1.29 is 9.53 Å². The third-order valence-corrected chi connectivity index (χ3v) is 3.80. The van der Waals surface area contributed by atoms with Crippen LogP contribution in [0.15, 0.2) is 18.2 Å². The zero-order valence-electron chi connectivity index (χ0n) is 14.1. The second-order valence-corrected chi connectivity index (χ2v) is 6.16. The fraction of sp³-hybridized carbons (Fsp3) is 0.588. The minimum Gasteiger partial charge on any atom is -0.397 e. The fourth-order valence-electron chi connectivity index (χ4n) is 2.56. The van der Waals surface area contributed by atoms with Crippen molar-refractivity contribution in [2.45, 2.75) is 26.3 Å². The first-order chi connectivity index (χ1) is 11.1. The largest absolute Gasteiger partial charge is 0.397 e. The number of nitrogens with one attached hydrogen (secondary N) is 2. The highest BCUT2D eigenvalue weighted by Gasteiger charge is 2.10. The molecular formula is C17H28N4O2. The fourth-order valence-corrected chi connectivity index (χ4v) is 2.56. The SMILES string of the molecule is CC(C)NC(=O)c1ccc(NCCCN2CCOCC2)c(N)c1. The normalized spacial score (nSPS) is 15.6. The van der Waals surface area contributed by atoms with Gasteiger partial charge in [0.2, 0.25) is 0 Å². The molecule has 0 radical (unpaired) electrons. The summed E-state index contributed by atoms with van der Waals surface area (Å²) in [6.07, 6.45) is 1.05. The van der Waals surface area contributed by atoms with Crippen molar-refractivity contribution in [3.63, 3.8) is 0 Å². The summed E-state index contributed by atoms with van der Waals surface area (Å²) in [6.45, 7) is 9.49. The van der Waals surface area contributed by atoms with E-state index in [-0.39, 0.29) is 11.9 Å². The van der Waals surface area contributed by atoms with E-state index in [2.05, 4.69) is 15.5 Å². The Morgan fingerprint density at radius 2 is 2.09 bits per heavy atom. The van der Waals surface area contributed by atoms with Gasteiger partial charge in [0.25, 0.3) is 5.91 Å². The highest BCUT2D eigenvalue weighted by Crippen LogP contribution is 2.20. The molecule has 1 aliphatic rings. The number of nitrogen functional groups attached to an aromatic ring is 1. The minimum atomic E-state index is -0.0921. The molecule has 128 valence electrons. The molecule has 0 aromatic heterocycles. The Hall–Kier alpha value is -1.79. The van der Waals surface area contributed by atoms with Gasteiger partial charge in [-0.05, 0) is 45.0 Å². The lowest BCUT2D eigenvalue weighted by Gasteiger charge is -2.26. The van der Waals surface area contributed by atoms with E-state index in [9.17, 15) is 4.79 Å². The second-order valence-electron chi connectivity index (χ2n) is 6.16. The first kappa shape index (κ1) is 17.6. The molecule has 4 N–H and O–H groups in total. The maximum Gasteiger partial charge on any atom is 0.251 e. The first-order valence-corrected chi connectivity index (χ1v) is 8.30. The third kappa shape index (κ3) is 5.73. The average Bonchev–Trinajstić information content (AvgIpc) is 2.53. The zero-order valence-corrected chi connectivity index (χ0v) is 14.1. The predicted molar refractivity (Wildman–Crippen MR) is 93.8 cm³/mol. The maximum atomic E-state index is 12.0. The van der Waals surface area contributed by atoms with Crippen molar-refractivity contribution >= 4 is 17.3 Å². The van der Waals surface area contributed by atoms with Crippen LogP contribution in [0.4, 0.5) is 11.4 Å². The van der Waals surface area contributed by atoms with Crippen molar-refractivity contribution in [2.24, 2.45) is 0 Å². The molecule has 1 aromatic rings. The molecule has 0 atom stereocenters. The van der Waals surface area contributed by atoms with Crippen LogP contribution in [0.5, 0.6) is 0 Å². The Kier molecular flexibility index (Phi) is 6.67. The van der Waals surface area contributed by atoms with E-state index in [4.69, 9.17) is 10.5 Å². The summed E-state index contributed by atoms with van der Waals surface area (Å²) in [7, 11) is 0. The summed E-state index contributed by atoms with van der Waals surface area (Å²) >= 11 is 0. The molecule has 0 aliphatic carbocycles. The molecule has 0 bridgehead atoms. The lowest BCUT2D eigenvalue weighted by molar-refractivity contribution is 0.0378. The number of hydrogen-bond donors (Lipinski definition) is 3. The van der Waals surface area contributed by atoms with Crippen LogP contribution in [-0.2, 0) is 4.74 Å². The van der Waals surface area contributed by atoms with E-state index >= 15 is 0 Å². The quantitative estimate of drug-likeness (QED) is 0.525. The van der Waals surface area contributed by atoms with Gasteiger partial charge >= 0.3 is 0 Å². The molecule has 23 heavy (non-hydrogen) atoms. The topological polar surface area (TPSA) is 79.6 Å². The summed E-state index contributed by atoms with van der Waals surface area (Å²) in [5.41, 5.74) is 8.13. The number of amides is 1. The summed E-state index contributed by atoms with van der Waals surface area (Å²) in [5, 5.41) is 6.21. The van der Waals surface area contributed by atoms with Crippen molar-refractivity contribution in [3.8, 4) is 0 Å². The van der Waals surface area contributed by atoms with Gasteiger partial charge in [-0.3, -0.25) is 9.69 Å². The molecule has 1 saturated heterocycles. The monoisotopic (exact) mass is 320 g/mol. The first-order valence-electron chi connectivity index (χ1n) is 8.30. The van der Waals surface area contributed by atoms with Gasteiger partial charge in [0.05, 0.1) is 24.6 Å². The Bertz CT molecular complexity index is 513. The van der Waals surface area contributed by atoms with Gasteiger partial charge < -0.3 is 21.1 Å². The van der Waals surface area contributed by atoms with Crippen LogP contribution < -0.4 is 16.4 Å². The molecule has 1 aromatic carbocycles. The Morgan fingerprint density at radius 3 is 2.74 bits per heavy atom. The average molecular weight is 320 g/mol. The van der Waals surface area contributed by atoms with Crippen LogP contribution in [0.3, 0.4) is 0 Å². The Balaban J connectivity index is 1.78. The number of anilines is 2. The summed E-state index contributed by atoms with van der Waals surface area (Å²) in [4.78, 5) is 14.4. The van der Waals surface area contributed by atoms with Gasteiger partial charge in [-0.2, -0.15) is 0 Å². The van der Waals surface area contributed by atoms with Gasteiger partial charge in [0.15, 0.2) is 0 Å². The summed E-state index contributed by atoms with van der Waals surface area (Å²) < 4.78 is 5.34. The molecule has 0 saturated carbocycles. The molecule has 6 nitrogen and oxygen atoms in total. The van der Waals surface area contributed by atoms with Crippen LogP contribution in [0.25, 0.3) is 0 Å². The summed E-state index contributed by atoms with van der Waals surface area (Å²) in [6, 6.07) is 5.52. The molecule has 1 fully saturated rings. The molecule has 2 rings (SSSR count). The summed E-state index contributed by atoms with van der Waals surface area (Å²) in [5.74, 6) is -0.0921. The molecule has 6 heteroatoms. The van der Waals surface area contributed by atoms with Crippen LogP contribution in [0.2, 0.25) is 0 Å². The number of rotatable bonds is 7. The third-order valence-electron chi connectivity index (χ3n) is 3.80. The lowest BCUT2D eigenvalue weighted by Crippen LogP contribution is -2.37. The second kappa shape index (κ2) is 8.74. The van der Waals surface area contributed by atoms with E-state index in [1.807, 2.05) is 19.9 Å². The van der Waals surface area contributed by atoms with Crippen LogP contribution >= 0.6 is 0 Å². The number of carbonyl (C=O) groups excluding carboxylic acids is 1. The Morgan fingerprint density at radius 1 is 1.35 bits per heavy atom. The van der Waals surface area contributed by atoms with Gasteiger partial charge in [-0.15, -0.1) is 0 Å². The number of ether oxygens (including phenoxy) is 1. The number of benzene rings is 1. The molecule has 1 aliphatic heterocycles. The molecule has 0 unspecified atom stereocenters. The molecule has 1 heterocycles. The zero-order chi connectivity index (χ0) is 16.7. The Labute approximate surface area is 138 Å². The predicted octanol–water partition coefficient (Wildman–Crippen LogP) is 1.54. The molecule has 0 spiro atoms. The minimum absolute atomic E-state index is 0.0921. The van der Waals surface area contributed by atoms with Gasteiger partial charge in [-0.1, -0.05) is 0 Å². The number of carbonyl (C=O) groups is 1. The van der Waals surface area contributed by atoms with E-state index in [0.29, 0.717) is 11.3 Å². The van der Waals surface area contributed by atoms with Gasteiger partial charge in [-0.25, -0.2) is 0 Å².